The fourth-order valence-corrected chi connectivity index (χ4v) is 4.35. The first-order valence-corrected chi connectivity index (χ1v) is 12.8. The number of nitrogens with one attached hydrogen (secondary N) is 2. The lowest BCUT2D eigenvalue weighted by molar-refractivity contribution is -0.141. The van der Waals surface area contributed by atoms with E-state index in [1.807, 2.05) is 25.1 Å². The quantitative estimate of drug-likeness (QED) is 0.416. The number of amides is 3. The molecule has 0 spiro atoms. The largest absolute Gasteiger partial charge is 0.444 e. The summed E-state index contributed by atoms with van der Waals surface area (Å²) in [6, 6.07) is 8.50. The lowest BCUT2D eigenvalue weighted by atomic mass is 10.1. The van der Waals surface area contributed by atoms with Crippen LogP contribution in [0.25, 0.3) is 5.69 Å². The molecule has 0 radical (unpaired) electrons. The van der Waals surface area contributed by atoms with E-state index in [2.05, 4.69) is 15.7 Å². The van der Waals surface area contributed by atoms with E-state index in [0.717, 1.165) is 27.1 Å². The van der Waals surface area contributed by atoms with Gasteiger partial charge in [0.05, 0.1) is 10.7 Å². The number of hydrogen-bond acceptors (Lipinski definition) is 6. The number of ether oxygens (including phenoxy) is 1. The van der Waals surface area contributed by atoms with Gasteiger partial charge < -0.3 is 20.3 Å². The SMILES string of the molecule is Cc1ccccc1CNC(=O)c1cc(C(F)(F)F)nn1-c1csc(N(C)C(=O)C(C)NC(=O)OC(C)(C)C)c1. The molecule has 0 aliphatic carbocycles. The number of alkyl carbamates (subject to hydrolysis) is 1. The highest BCUT2D eigenvalue weighted by atomic mass is 32.1. The van der Waals surface area contributed by atoms with Crippen molar-refractivity contribution in [3.05, 3.63) is 64.3 Å². The number of halogens is 3. The predicted molar refractivity (Wildman–Crippen MR) is 141 cm³/mol. The number of carbonyl (C=O) groups is 3. The van der Waals surface area contributed by atoms with Gasteiger partial charge >= 0.3 is 12.3 Å². The minimum atomic E-state index is -4.77. The van der Waals surface area contributed by atoms with Crippen LogP contribution in [0.2, 0.25) is 0 Å². The van der Waals surface area contributed by atoms with Gasteiger partial charge in [-0.15, -0.1) is 11.3 Å². The third kappa shape index (κ3) is 7.59. The second-order valence-corrected chi connectivity index (χ2v) is 10.7. The average Bonchev–Trinajstić information content (AvgIpc) is 3.48. The van der Waals surface area contributed by atoms with Crippen LogP contribution >= 0.6 is 11.3 Å². The fourth-order valence-electron chi connectivity index (χ4n) is 3.50. The van der Waals surface area contributed by atoms with Gasteiger partial charge in [0.25, 0.3) is 5.91 Å². The van der Waals surface area contributed by atoms with Gasteiger partial charge in [0, 0.05) is 25.0 Å². The molecule has 1 atom stereocenters. The van der Waals surface area contributed by atoms with Crippen molar-refractivity contribution in [1.29, 1.82) is 0 Å². The van der Waals surface area contributed by atoms with Crippen molar-refractivity contribution >= 4 is 34.2 Å². The number of benzene rings is 1. The summed E-state index contributed by atoms with van der Waals surface area (Å²) >= 11 is 1.06. The second kappa shape index (κ2) is 11.5. The minimum absolute atomic E-state index is 0.118. The molecule has 0 fully saturated rings. The summed E-state index contributed by atoms with van der Waals surface area (Å²) in [5.41, 5.74) is -0.374. The summed E-state index contributed by atoms with van der Waals surface area (Å²) in [6.45, 7) is 8.53. The lowest BCUT2D eigenvalue weighted by Gasteiger charge is -2.24. The third-order valence-corrected chi connectivity index (χ3v) is 6.51. The Morgan fingerprint density at radius 1 is 1.15 bits per heavy atom. The van der Waals surface area contributed by atoms with Gasteiger partial charge in [-0.05, 0) is 51.8 Å². The molecule has 0 bridgehead atoms. The number of nitrogens with zero attached hydrogens (tertiary/aromatic N) is 3. The molecule has 0 aliphatic rings. The number of hydrogen-bond donors (Lipinski definition) is 2. The molecule has 210 valence electrons. The van der Waals surface area contributed by atoms with Crippen molar-refractivity contribution in [1.82, 2.24) is 20.4 Å². The maximum atomic E-state index is 13.5. The number of carbonyl (C=O) groups excluding carboxylic acids is 3. The second-order valence-electron chi connectivity index (χ2n) is 9.84. The number of likely N-dealkylation sites (N-methyl/N-ethyl adjacent to an activating group) is 1. The average molecular weight is 566 g/mol. The topological polar surface area (TPSA) is 106 Å². The Labute approximate surface area is 227 Å². The Morgan fingerprint density at radius 2 is 1.82 bits per heavy atom. The molecular formula is C26H30F3N5O4S. The zero-order valence-electron chi connectivity index (χ0n) is 22.3. The molecule has 3 rings (SSSR count). The molecule has 9 nitrogen and oxygen atoms in total. The van der Waals surface area contributed by atoms with Crippen molar-refractivity contribution in [2.75, 3.05) is 11.9 Å². The third-order valence-electron chi connectivity index (χ3n) is 5.51. The molecule has 1 aromatic carbocycles. The Hall–Kier alpha value is -3.87. The van der Waals surface area contributed by atoms with E-state index in [4.69, 9.17) is 4.74 Å². The summed E-state index contributed by atoms with van der Waals surface area (Å²) in [6.07, 6.45) is -5.54. The van der Waals surface area contributed by atoms with E-state index in [1.165, 1.54) is 30.3 Å². The Kier molecular flexibility index (Phi) is 8.74. The summed E-state index contributed by atoms with van der Waals surface area (Å²) in [5, 5.41) is 10.6. The van der Waals surface area contributed by atoms with E-state index in [1.54, 1.807) is 26.8 Å². The first kappa shape index (κ1) is 29.7. The number of aryl methyl sites for hydroxylation is 1. The smallest absolute Gasteiger partial charge is 0.435 e. The molecule has 2 aromatic heterocycles. The zero-order chi connectivity index (χ0) is 29.1. The molecule has 2 heterocycles. The van der Waals surface area contributed by atoms with Gasteiger partial charge in [0.2, 0.25) is 5.91 Å². The Bertz CT molecular complexity index is 1360. The zero-order valence-corrected chi connectivity index (χ0v) is 23.2. The first-order valence-electron chi connectivity index (χ1n) is 11.9. The van der Waals surface area contributed by atoms with Gasteiger partial charge in [-0.2, -0.15) is 18.3 Å². The van der Waals surface area contributed by atoms with Crippen molar-refractivity contribution in [3.8, 4) is 5.69 Å². The van der Waals surface area contributed by atoms with Crippen LogP contribution in [-0.4, -0.2) is 46.4 Å². The van der Waals surface area contributed by atoms with Crippen LogP contribution in [-0.2, 0) is 22.3 Å². The molecule has 1 unspecified atom stereocenters. The summed E-state index contributed by atoms with van der Waals surface area (Å²) < 4.78 is 46.6. The van der Waals surface area contributed by atoms with Crippen molar-refractivity contribution in [2.24, 2.45) is 0 Å². The standard InChI is InChI=1S/C26H30F3N5O4S/c1-15-9-7-8-10-17(15)13-30-22(35)19-12-20(26(27,28)29)32-34(19)18-11-21(39-14-18)33(6)23(36)16(2)31-24(37)38-25(3,4)5/h7-12,14,16H,13H2,1-6H3,(H,30,35)(H,31,37). The number of aromatic nitrogens is 2. The Morgan fingerprint density at radius 3 is 2.44 bits per heavy atom. The maximum Gasteiger partial charge on any atom is 0.435 e. The van der Waals surface area contributed by atoms with Crippen LogP contribution in [0.1, 0.15) is 55.0 Å². The van der Waals surface area contributed by atoms with Crippen molar-refractivity contribution < 1.29 is 32.3 Å². The van der Waals surface area contributed by atoms with Gasteiger partial charge in [-0.25, -0.2) is 9.48 Å². The number of anilines is 1. The minimum Gasteiger partial charge on any atom is -0.444 e. The van der Waals surface area contributed by atoms with Crippen molar-refractivity contribution in [3.63, 3.8) is 0 Å². The summed E-state index contributed by atoms with van der Waals surface area (Å²) in [5.74, 6) is -1.23. The molecule has 0 saturated heterocycles. The fraction of sp³-hybridized carbons (Fsp3) is 0.385. The van der Waals surface area contributed by atoms with Crippen LogP contribution < -0.4 is 15.5 Å². The number of thiophene rings is 1. The molecule has 0 saturated carbocycles. The predicted octanol–water partition coefficient (Wildman–Crippen LogP) is 5.07. The van der Waals surface area contributed by atoms with Crippen molar-refractivity contribution in [2.45, 2.75) is 59.0 Å². The highest BCUT2D eigenvalue weighted by Gasteiger charge is 2.36. The van der Waals surface area contributed by atoms with E-state index in [0.29, 0.717) is 11.1 Å². The van der Waals surface area contributed by atoms with E-state index in [-0.39, 0.29) is 17.9 Å². The van der Waals surface area contributed by atoms with Crippen LogP contribution in [0, 0.1) is 6.92 Å². The van der Waals surface area contributed by atoms with E-state index < -0.39 is 41.4 Å². The summed E-state index contributed by atoms with van der Waals surface area (Å²) in [7, 11) is 1.46. The van der Waals surface area contributed by atoms with Crippen LogP contribution in [0.15, 0.2) is 41.8 Å². The molecule has 13 heteroatoms. The molecule has 0 aliphatic heterocycles. The first-order chi connectivity index (χ1) is 18.1. The van der Waals surface area contributed by atoms with Gasteiger partial charge in [0.1, 0.15) is 17.3 Å². The molecule has 39 heavy (non-hydrogen) atoms. The molecule has 2 N–H and O–H groups in total. The van der Waals surface area contributed by atoms with Crippen LogP contribution in [0.5, 0.6) is 0 Å². The van der Waals surface area contributed by atoms with E-state index >= 15 is 0 Å². The monoisotopic (exact) mass is 565 g/mol. The normalized spacial score (nSPS) is 12.5. The van der Waals surface area contributed by atoms with Gasteiger partial charge in [0.15, 0.2) is 5.69 Å². The highest BCUT2D eigenvalue weighted by Crippen LogP contribution is 2.32. The van der Waals surface area contributed by atoms with E-state index in [9.17, 15) is 27.6 Å². The molecule has 3 aromatic rings. The Balaban J connectivity index is 1.82. The summed E-state index contributed by atoms with van der Waals surface area (Å²) in [4.78, 5) is 39.1. The lowest BCUT2D eigenvalue weighted by Crippen LogP contribution is -2.47. The van der Waals surface area contributed by atoms with Gasteiger partial charge in [-0.3, -0.25) is 9.59 Å². The highest BCUT2D eigenvalue weighted by molar-refractivity contribution is 7.14. The maximum absolute atomic E-state index is 13.5. The molecular weight excluding hydrogens is 535 g/mol. The van der Waals surface area contributed by atoms with Gasteiger partial charge in [-0.1, -0.05) is 24.3 Å². The number of alkyl halides is 3. The molecule has 3 amide bonds. The van der Waals surface area contributed by atoms with Crippen LogP contribution in [0.3, 0.4) is 0 Å². The number of rotatable bonds is 7. The van der Waals surface area contributed by atoms with Crippen LogP contribution in [0.4, 0.5) is 23.0 Å².